The SMILES string of the molecule is CN1CC[C@H]2CC[C@@H](C(=O)N[C@@H](CCC(N)=O)C(=O)NCCCCC#Cc3cccc4c3CN(C3CCC(=O)NC3=O)C4=O)N2C(=O)[C@@H](NC(=O)c2cc3cc(C(F)(F)P(=O)(O)O)ccc3[nH]2)C1. The standard InChI is InChI=1S/C45H52F2N9O11P/c1-54-20-18-28-11-14-36(56(28)44(64)34(24-54)52-40(60)33-22-26-21-27(10-12-31(26)50-33)45(46,47)68(65,66)67)42(62)51-32(13-16-37(48)57)39(59)49-19-5-3-2-4-7-25-8-6-9-29-30(25)23-55(43(29)63)35-15-17-38(58)53-41(35)61/h6,8-10,12,21-22,28,32,34-36,50H,2-3,5,11,13-20,23-24H2,1H3,(H2,48,57)(H,49,59)(H,51,62)(H,52,60)(H,53,58,61)(H2,65,66,67)/t28-,32+,34+,35?,36+/m1/s1. The van der Waals surface area contributed by atoms with Gasteiger partial charge in [0.1, 0.15) is 29.9 Å². The lowest BCUT2D eigenvalue weighted by molar-refractivity contribution is -0.144. The molecule has 1 aromatic heterocycles. The molecule has 23 heteroatoms. The Hall–Kier alpha value is -6.53. The third kappa shape index (κ3) is 10.8. The van der Waals surface area contributed by atoms with Gasteiger partial charge in [0.05, 0.1) is 0 Å². The highest BCUT2D eigenvalue weighted by molar-refractivity contribution is 7.52. The van der Waals surface area contributed by atoms with E-state index < -0.39 is 78.4 Å². The number of alkyl halides is 2. The third-order valence-electron chi connectivity index (χ3n) is 12.7. The van der Waals surface area contributed by atoms with Crippen LogP contribution in [0.15, 0.2) is 42.5 Å². The van der Waals surface area contributed by atoms with E-state index in [1.807, 2.05) is 4.90 Å². The Morgan fingerprint density at radius 1 is 1.03 bits per heavy atom. The number of carbonyl (C=O) groups is 8. The van der Waals surface area contributed by atoms with Crippen molar-refractivity contribution >= 4 is 65.8 Å². The maximum Gasteiger partial charge on any atom is 0.399 e. The molecule has 3 aromatic rings. The summed E-state index contributed by atoms with van der Waals surface area (Å²) in [5.41, 5.74) is 1.89. The highest BCUT2D eigenvalue weighted by Crippen LogP contribution is 2.59. The number of imide groups is 1. The summed E-state index contributed by atoms with van der Waals surface area (Å²) < 4.78 is 40.3. The van der Waals surface area contributed by atoms with E-state index in [2.05, 4.69) is 38.1 Å². The Morgan fingerprint density at radius 3 is 2.54 bits per heavy atom. The van der Waals surface area contributed by atoms with Crippen molar-refractivity contribution in [3.05, 3.63) is 70.4 Å². The van der Waals surface area contributed by atoms with Crippen LogP contribution < -0.4 is 27.0 Å². The van der Waals surface area contributed by atoms with Crippen LogP contribution >= 0.6 is 7.60 Å². The largest absolute Gasteiger partial charge is 0.399 e. The molecule has 9 N–H and O–H groups in total. The zero-order valence-electron chi connectivity index (χ0n) is 37.0. The van der Waals surface area contributed by atoms with Crippen molar-refractivity contribution in [1.29, 1.82) is 0 Å². The molecule has 362 valence electrons. The number of nitrogens with zero attached hydrogens (tertiary/aromatic N) is 3. The van der Waals surface area contributed by atoms with E-state index in [0.717, 1.165) is 18.2 Å². The molecule has 2 aromatic carbocycles. The van der Waals surface area contributed by atoms with Crippen molar-refractivity contribution in [3.8, 4) is 11.8 Å². The molecule has 0 spiro atoms. The molecule has 68 heavy (non-hydrogen) atoms. The van der Waals surface area contributed by atoms with Crippen LogP contribution in [0.3, 0.4) is 0 Å². The number of nitrogens with one attached hydrogen (secondary N) is 5. The van der Waals surface area contributed by atoms with Gasteiger partial charge < -0.3 is 51.2 Å². The second-order valence-corrected chi connectivity index (χ2v) is 19.1. The monoisotopic (exact) mass is 963 g/mol. The topological polar surface area (TPSA) is 294 Å². The number of H-pyrrole nitrogens is 1. The van der Waals surface area contributed by atoms with Gasteiger partial charge in [-0.05, 0) is 94.4 Å². The number of aromatic nitrogens is 1. The molecule has 0 bridgehead atoms. The first kappa shape index (κ1) is 49.4. The third-order valence-corrected chi connectivity index (χ3v) is 13.7. The summed E-state index contributed by atoms with van der Waals surface area (Å²) in [6.45, 7) is 0.961. The molecule has 0 radical (unpaired) electrons. The molecule has 5 atom stereocenters. The van der Waals surface area contributed by atoms with E-state index in [-0.39, 0.29) is 86.2 Å². The molecule has 4 aliphatic heterocycles. The Bertz CT molecular complexity index is 2660. The Kier molecular flexibility index (Phi) is 14.8. The van der Waals surface area contributed by atoms with Crippen LogP contribution in [0.2, 0.25) is 0 Å². The number of amides is 8. The van der Waals surface area contributed by atoms with Gasteiger partial charge in [-0.2, -0.15) is 8.78 Å². The smallest absolute Gasteiger partial charge is 0.370 e. The number of aromatic amines is 1. The number of hydrogen-bond donors (Lipinski definition) is 8. The van der Waals surface area contributed by atoms with Crippen LogP contribution in [0.4, 0.5) is 8.78 Å². The van der Waals surface area contributed by atoms with Gasteiger partial charge in [-0.25, -0.2) is 0 Å². The zero-order valence-corrected chi connectivity index (χ0v) is 37.9. The van der Waals surface area contributed by atoms with Crippen LogP contribution in [0.5, 0.6) is 0 Å². The number of carbonyl (C=O) groups excluding carboxylic acids is 8. The minimum Gasteiger partial charge on any atom is -0.370 e. The van der Waals surface area contributed by atoms with Crippen molar-refractivity contribution in [1.82, 2.24) is 41.0 Å². The molecule has 5 heterocycles. The number of primary amides is 1. The normalized spacial score (nSPS) is 21.5. The van der Waals surface area contributed by atoms with Crippen LogP contribution in [0.25, 0.3) is 10.9 Å². The molecule has 8 amide bonds. The highest BCUT2D eigenvalue weighted by atomic mass is 31.2. The Labute approximate surface area is 388 Å². The number of piperidine rings is 1. The summed E-state index contributed by atoms with van der Waals surface area (Å²) in [5.74, 6) is 1.82. The quantitative estimate of drug-likeness (QED) is 0.0459. The van der Waals surface area contributed by atoms with Crippen LogP contribution in [0.1, 0.15) is 102 Å². The molecule has 4 aliphatic rings. The number of unbranched alkanes of at least 4 members (excludes halogenated alkanes) is 2. The van der Waals surface area contributed by atoms with Crippen LogP contribution in [0, 0.1) is 11.8 Å². The van der Waals surface area contributed by atoms with E-state index in [0.29, 0.717) is 55.3 Å². The summed E-state index contributed by atoms with van der Waals surface area (Å²) in [6.07, 6.45) is 2.81. The van der Waals surface area contributed by atoms with E-state index >= 15 is 0 Å². The van der Waals surface area contributed by atoms with Gasteiger partial charge in [0.2, 0.25) is 35.4 Å². The van der Waals surface area contributed by atoms with Gasteiger partial charge in [0.15, 0.2) is 0 Å². The molecule has 3 fully saturated rings. The van der Waals surface area contributed by atoms with Crippen LogP contribution in [-0.2, 0) is 45.5 Å². The number of nitrogens with two attached hydrogens (primary N) is 1. The predicted molar refractivity (Wildman–Crippen MR) is 238 cm³/mol. The van der Waals surface area contributed by atoms with E-state index in [4.69, 9.17) is 5.73 Å². The molecule has 7 rings (SSSR count). The maximum atomic E-state index is 14.4. The lowest BCUT2D eigenvalue weighted by Gasteiger charge is -2.37. The number of halogens is 2. The van der Waals surface area contributed by atoms with Gasteiger partial charge in [-0.1, -0.05) is 24.0 Å². The first-order chi connectivity index (χ1) is 32.2. The van der Waals surface area contributed by atoms with Crippen molar-refractivity contribution in [2.45, 2.75) is 107 Å². The predicted octanol–water partition coefficient (Wildman–Crippen LogP) is 1.04. The summed E-state index contributed by atoms with van der Waals surface area (Å²) in [7, 11) is -4.09. The zero-order chi connectivity index (χ0) is 49.1. The number of fused-ring (bicyclic) bond motifs is 3. The van der Waals surface area contributed by atoms with Crippen molar-refractivity contribution in [2.75, 3.05) is 26.7 Å². The van der Waals surface area contributed by atoms with Crippen molar-refractivity contribution in [2.24, 2.45) is 5.73 Å². The number of benzene rings is 2. The van der Waals surface area contributed by atoms with E-state index in [1.54, 1.807) is 25.2 Å². The fourth-order valence-corrected chi connectivity index (χ4v) is 9.57. The lowest BCUT2D eigenvalue weighted by atomic mass is 10.0. The van der Waals surface area contributed by atoms with Gasteiger partial charge in [0, 0.05) is 72.5 Å². The fourth-order valence-electron chi connectivity index (χ4n) is 9.10. The minimum atomic E-state index is -5.85. The molecule has 0 aliphatic carbocycles. The summed E-state index contributed by atoms with van der Waals surface area (Å²) in [6, 6.07) is 4.74. The molecular weight excluding hydrogens is 912 g/mol. The van der Waals surface area contributed by atoms with Crippen molar-refractivity contribution in [3.63, 3.8) is 0 Å². The van der Waals surface area contributed by atoms with Gasteiger partial charge in [-0.3, -0.25) is 48.2 Å². The molecule has 0 saturated carbocycles. The second-order valence-electron chi connectivity index (χ2n) is 17.5. The maximum absolute atomic E-state index is 14.4. The molecule has 3 saturated heterocycles. The second kappa shape index (κ2) is 20.4. The Morgan fingerprint density at radius 2 is 1.81 bits per heavy atom. The van der Waals surface area contributed by atoms with E-state index in [1.165, 1.54) is 15.9 Å². The highest BCUT2D eigenvalue weighted by Gasteiger charge is 2.51. The summed E-state index contributed by atoms with van der Waals surface area (Å²) in [5, 5.41) is 10.6. The number of hydrogen-bond acceptors (Lipinski definition) is 10. The first-order valence-electron chi connectivity index (χ1n) is 22.2. The molecule has 20 nitrogen and oxygen atoms in total. The summed E-state index contributed by atoms with van der Waals surface area (Å²) in [4.78, 5) is 130. The Balaban J connectivity index is 0.942. The number of rotatable bonds is 15. The first-order valence-corrected chi connectivity index (χ1v) is 23.8. The van der Waals surface area contributed by atoms with Gasteiger partial charge >= 0.3 is 13.3 Å². The lowest BCUT2D eigenvalue weighted by Crippen LogP contribution is -2.61. The van der Waals surface area contributed by atoms with Crippen LogP contribution in [-0.4, -0.2) is 134 Å². The van der Waals surface area contributed by atoms with Gasteiger partial charge in [-0.15, -0.1) is 0 Å². The fraction of sp³-hybridized carbons (Fsp3) is 0.467. The summed E-state index contributed by atoms with van der Waals surface area (Å²) >= 11 is 0. The van der Waals surface area contributed by atoms with Crippen molar-refractivity contribution < 1.29 is 61.5 Å². The number of likely N-dealkylation sites (N-methyl/N-ethyl adjacent to an activating group) is 1. The van der Waals surface area contributed by atoms with Gasteiger partial charge in [0.25, 0.3) is 11.8 Å². The average Bonchev–Trinajstić information content (AvgIpc) is 4.00. The minimum absolute atomic E-state index is 0.0523. The molecular formula is C45H52F2N9O11P. The molecule has 1 unspecified atom stereocenters. The van der Waals surface area contributed by atoms with E-state index in [9.17, 15) is 61.5 Å². The average molecular weight is 964 g/mol.